The summed E-state index contributed by atoms with van der Waals surface area (Å²) in [4.78, 5) is 14.4. The lowest BCUT2D eigenvalue weighted by molar-refractivity contribution is 0.0970. The zero-order valence-electron chi connectivity index (χ0n) is 9.95. The monoisotopic (exact) mass is 231 g/mol. The molecule has 1 aromatic rings. The third-order valence-corrected chi connectivity index (χ3v) is 3.61. The molecule has 90 valence electrons. The first-order chi connectivity index (χ1) is 8.36. The lowest BCUT2D eigenvalue weighted by Crippen LogP contribution is -2.37. The molecule has 0 radical (unpaired) electrons. The van der Waals surface area contributed by atoms with Crippen molar-refractivity contribution < 1.29 is 9.53 Å². The van der Waals surface area contributed by atoms with Gasteiger partial charge in [-0.1, -0.05) is 12.1 Å². The van der Waals surface area contributed by atoms with Crippen LogP contribution in [0.5, 0.6) is 0 Å². The van der Waals surface area contributed by atoms with Gasteiger partial charge in [0.15, 0.2) is 5.78 Å². The van der Waals surface area contributed by atoms with Crippen LogP contribution in [0.2, 0.25) is 0 Å². The number of nitrogens with zero attached hydrogens (tertiary/aromatic N) is 1. The molecule has 3 nitrogen and oxygen atoms in total. The highest BCUT2D eigenvalue weighted by atomic mass is 16.5. The second-order valence-electron chi connectivity index (χ2n) is 4.69. The molecule has 0 N–H and O–H groups in total. The maximum atomic E-state index is 12.1. The van der Waals surface area contributed by atoms with Crippen molar-refractivity contribution >= 4 is 11.5 Å². The topological polar surface area (TPSA) is 29.5 Å². The second kappa shape index (κ2) is 4.49. The zero-order valence-corrected chi connectivity index (χ0v) is 9.95. The Balaban J connectivity index is 2.01. The third-order valence-electron chi connectivity index (χ3n) is 3.61. The van der Waals surface area contributed by atoms with Gasteiger partial charge in [0.2, 0.25) is 0 Å². The molecule has 3 rings (SSSR count). The Bertz CT molecular complexity index is 436. The molecule has 2 aliphatic rings. The van der Waals surface area contributed by atoms with Crippen LogP contribution in [0.4, 0.5) is 5.69 Å². The first-order valence-electron chi connectivity index (χ1n) is 6.34. The van der Waals surface area contributed by atoms with E-state index in [1.165, 1.54) is 5.56 Å². The van der Waals surface area contributed by atoms with E-state index >= 15 is 0 Å². The minimum atomic E-state index is 0.313. The number of aryl methyl sites for hydroxylation is 1. The standard InChI is InChI=1S/C14H17NO2/c16-13-6-2-4-11-3-1-5-12(14(11)13)15-7-9-17-10-8-15/h1,3,5H,2,4,6-10H2. The van der Waals surface area contributed by atoms with Gasteiger partial charge in [0.25, 0.3) is 0 Å². The van der Waals surface area contributed by atoms with Crippen molar-refractivity contribution in [2.24, 2.45) is 0 Å². The minimum absolute atomic E-state index is 0.313. The smallest absolute Gasteiger partial charge is 0.165 e. The molecular weight excluding hydrogens is 214 g/mol. The summed E-state index contributed by atoms with van der Waals surface area (Å²) in [7, 11) is 0. The number of rotatable bonds is 1. The number of carbonyl (C=O) groups excluding carboxylic acids is 1. The van der Waals surface area contributed by atoms with Gasteiger partial charge in [0.05, 0.1) is 13.2 Å². The van der Waals surface area contributed by atoms with Gasteiger partial charge < -0.3 is 9.64 Å². The van der Waals surface area contributed by atoms with Crippen molar-refractivity contribution in [1.29, 1.82) is 0 Å². The summed E-state index contributed by atoms with van der Waals surface area (Å²) in [5.41, 5.74) is 3.32. The van der Waals surface area contributed by atoms with E-state index in [0.29, 0.717) is 12.2 Å². The molecule has 0 amide bonds. The molecule has 0 bridgehead atoms. The Kier molecular flexibility index (Phi) is 2.85. The molecule has 1 aliphatic heterocycles. The van der Waals surface area contributed by atoms with E-state index < -0.39 is 0 Å². The molecular formula is C14H17NO2. The molecule has 1 aromatic carbocycles. The second-order valence-corrected chi connectivity index (χ2v) is 4.69. The van der Waals surface area contributed by atoms with Crippen molar-refractivity contribution in [3.63, 3.8) is 0 Å². The average Bonchev–Trinajstić information content (AvgIpc) is 2.39. The molecule has 1 fully saturated rings. The number of hydrogen-bond acceptors (Lipinski definition) is 3. The lowest BCUT2D eigenvalue weighted by atomic mass is 9.89. The van der Waals surface area contributed by atoms with Crippen molar-refractivity contribution in [3.8, 4) is 0 Å². The molecule has 0 aromatic heterocycles. The summed E-state index contributed by atoms with van der Waals surface area (Å²) in [6.45, 7) is 3.31. The first kappa shape index (κ1) is 10.8. The number of morpholine rings is 1. The van der Waals surface area contributed by atoms with Crippen molar-refractivity contribution in [2.45, 2.75) is 19.3 Å². The van der Waals surface area contributed by atoms with Gasteiger partial charge in [-0.05, 0) is 24.5 Å². The average molecular weight is 231 g/mol. The molecule has 0 unspecified atom stereocenters. The quantitative estimate of drug-likeness (QED) is 0.740. The summed E-state index contributed by atoms with van der Waals surface area (Å²) in [6, 6.07) is 6.24. The van der Waals surface area contributed by atoms with Crippen molar-refractivity contribution in [1.82, 2.24) is 0 Å². The summed E-state index contributed by atoms with van der Waals surface area (Å²) in [5, 5.41) is 0. The lowest BCUT2D eigenvalue weighted by Gasteiger charge is -2.32. The van der Waals surface area contributed by atoms with Gasteiger partial charge >= 0.3 is 0 Å². The Morgan fingerprint density at radius 2 is 1.94 bits per heavy atom. The highest BCUT2D eigenvalue weighted by molar-refractivity contribution is 6.03. The van der Waals surface area contributed by atoms with Gasteiger partial charge in [0, 0.05) is 30.8 Å². The number of ether oxygens (including phenoxy) is 1. The maximum Gasteiger partial charge on any atom is 0.165 e. The van der Waals surface area contributed by atoms with E-state index in [-0.39, 0.29) is 0 Å². The SMILES string of the molecule is O=C1CCCc2cccc(N3CCOCC3)c21. The predicted octanol–water partition coefficient (Wildman–Crippen LogP) is 2.04. The number of anilines is 1. The van der Waals surface area contributed by atoms with Crippen LogP contribution in [0, 0.1) is 0 Å². The molecule has 0 saturated carbocycles. The van der Waals surface area contributed by atoms with Crippen LogP contribution in [-0.2, 0) is 11.2 Å². The van der Waals surface area contributed by atoms with Crippen molar-refractivity contribution in [3.05, 3.63) is 29.3 Å². The molecule has 0 spiro atoms. The van der Waals surface area contributed by atoms with E-state index in [1.54, 1.807) is 0 Å². The number of ketones is 1. The largest absolute Gasteiger partial charge is 0.378 e. The van der Waals surface area contributed by atoms with Gasteiger partial charge in [-0.15, -0.1) is 0 Å². The highest BCUT2D eigenvalue weighted by Gasteiger charge is 2.23. The summed E-state index contributed by atoms with van der Waals surface area (Å²) >= 11 is 0. The molecule has 17 heavy (non-hydrogen) atoms. The minimum Gasteiger partial charge on any atom is -0.378 e. The third kappa shape index (κ3) is 1.95. The Morgan fingerprint density at radius 3 is 2.76 bits per heavy atom. The molecule has 0 atom stereocenters. The van der Waals surface area contributed by atoms with Crippen LogP contribution < -0.4 is 4.90 Å². The number of benzene rings is 1. The molecule has 1 heterocycles. The van der Waals surface area contributed by atoms with E-state index in [0.717, 1.165) is 50.4 Å². The predicted molar refractivity (Wildman–Crippen MR) is 66.7 cm³/mol. The van der Waals surface area contributed by atoms with Gasteiger partial charge in [-0.25, -0.2) is 0 Å². The summed E-state index contributed by atoms with van der Waals surface area (Å²) in [6.07, 6.45) is 2.74. The Labute approximate surface area is 101 Å². The van der Waals surface area contributed by atoms with Gasteiger partial charge in [-0.2, -0.15) is 0 Å². The Morgan fingerprint density at radius 1 is 1.12 bits per heavy atom. The maximum absolute atomic E-state index is 12.1. The number of fused-ring (bicyclic) bond motifs is 1. The van der Waals surface area contributed by atoms with Crippen LogP contribution in [-0.4, -0.2) is 32.1 Å². The summed E-state index contributed by atoms with van der Waals surface area (Å²) < 4.78 is 5.37. The van der Waals surface area contributed by atoms with Crippen LogP contribution in [0.3, 0.4) is 0 Å². The van der Waals surface area contributed by atoms with Gasteiger partial charge in [-0.3, -0.25) is 4.79 Å². The van der Waals surface area contributed by atoms with Crippen molar-refractivity contribution in [2.75, 3.05) is 31.2 Å². The number of hydrogen-bond donors (Lipinski definition) is 0. The van der Waals surface area contributed by atoms with Gasteiger partial charge in [0.1, 0.15) is 0 Å². The molecule has 1 saturated heterocycles. The number of carbonyl (C=O) groups is 1. The normalized spacial score (nSPS) is 20.2. The molecule has 3 heteroatoms. The fourth-order valence-electron chi connectivity index (χ4n) is 2.75. The first-order valence-corrected chi connectivity index (χ1v) is 6.34. The fourth-order valence-corrected chi connectivity index (χ4v) is 2.75. The number of Topliss-reactive ketones (excluding diaryl/α,β-unsaturated/α-hetero) is 1. The fraction of sp³-hybridized carbons (Fsp3) is 0.500. The Hall–Kier alpha value is -1.35. The van der Waals surface area contributed by atoms with E-state index in [1.807, 2.05) is 0 Å². The van der Waals surface area contributed by atoms with E-state index in [4.69, 9.17) is 4.74 Å². The highest BCUT2D eigenvalue weighted by Crippen LogP contribution is 2.30. The van der Waals surface area contributed by atoms with E-state index in [2.05, 4.69) is 23.1 Å². The van der Waals surface area contributed by atoms with Crippen LogP contribution in [0.1, 0.15) is 28.8 Å². The molecule has 1 aliphatic carbocycles. The zero-order chi connectivity index (χ0) is 11.7. The summed E-state index contributed by atoms with van der Waals surface area (Å²) in [5.74, 6) is 0.313. The van der Waals surface area contributed by atoms with Crippen LogP contribution >= 0.6 is 0 Å². The van der Waals surface area contributed by atoms with E-state index in [9.17, 15) is 4.79 Å². The van der Waals surface area contributed by atoms with Crippen LogP contribution in [0.15, 0.2) is 18.2 Å². The van der Waals surface area contributed by atoms with Crippen LogP contribution in [0.25, 0.3) is 0 Å².